The number of hydrogen-bond acceptors (Lipinski definition) is 7. The van der Waals surface area contributed by atoms with Crippen LogP contribution in [0, 0.1) is 11.5 Å². The summed E-state index contributed by atoms with van der Waals surface area (Å²) in [6.07, 6.45) is -2.81. The predicted octanol–water partition coefficient (Wildman–Crippen LogP) is 0.788. The molecule has 1 rings (SSSR count). The van der Waals surface area contributed by atoms with Crippen LogP contribution in [0.5, 0.6) is 0 Å². The molecule has 0 bridgehead atoms. The molecular formula is C11H16F3N9S2. The van der Waals surface area contributed by atoms with Gasteiger partial charge >= 0.3 is 6.18 Å². The average Bonchev–Trinajstić information content (AvgIpc) is 2.96. The lowest BCUT2D eigenvalue weighted by Crippen LogP contribution is -2.35. The van der Waals surface area contributed by atoms with Gasteiger partial charge in [-0.15, -0.1) is 4.99 Å². The summed E-state index contributed by atoms with van der Waals surface area (Å²) < 4.78 is 40.2. The van der Waals surface area contributed by atoms with E-state index in [1.54, 1.807) is 18.1 Å². The molecule has 25 heavy (non-hydrogen) atoms. The Hall–Kier alpha value is -2.27. The van der Waals surface area contributed by atoms with E-state index < -0.39 is 12.7 Å². The fraction of sp³-hybridized carbons (Fsp3) is 0.545. The molecule has 1 aromatic rings. The van der Waals surface area contributed by atoms with Crippen LogP contribution in [0.15, 0.2) is 9.98 Å². The number of aromatic nitrogens is 2. The lowest BCUT2D eigenvalue weighted by molar-refractivity contribution is -0.118. The number of alkyl halides is 3. The van der Waals surface area contributed by atoms with Crippen molar-refractivity contribution in [2.24, 2.45) is 21.5 Å². The van der Waals surface area contributed by atoms with E-state index in [0.717, 1.165) is 11.5 Å². The third kappa shape index (κ3) is 8.96. The monoisotopic (exact) mass is 395 g/mol. The van der Waals surface area contributed by atoms with Gasteiger partial charge in [0.05, 0.1) is 5.75 Å². The number of hydrogen-bond donors (Lipinski definition) is 3. The van der Waals surface area contributed by atoms with E-state index in [4.69, 9.17) is 16.7 Å². The number of nitrogens with one attached hydrogen (secondary N) is 1. The van der Waals surface area contributed by atoms with Crippen molar-refractivity contribution >= 4 is 40.3 Å². The zero-order valence-electron chi connectivity index (χ0n) is 13.1. The quantitative estimate of drug-likeness (QED) is 0.266. The number of thioether (sulfide) groups is 1. The molecule has 0 aliphatic carbocycles. The van der Waals surface area contributed by atoms with Gasteiger partial charge in [0.25, 0.3) is 0 Å². The number of anilines is 1. The van der Waals surface area contributed by atoms with Crippen LogP contribution in [0.3, 0.4) is 0 Å². The SMILES string of the molecule is CN(CCSCc1nsc(NC(N)=NCC(F)(F)F)n1)C(N)=NC#N. The third-order valence-corrected chi connectivity index (χ3v) is 4.09. The van der Waals surface area contributed by atoms with Crippen molar-refractivity contribution in [3.8, 4) is 6.19 Å². The molecule has 0 amide bonds. The predicted molar refractivity (Wildman–Crippen MR) is 92.1 cm³/mol. The zero-order chi connectivity index (χ0) is 18.9. The zero-order valence-corrected chi connectivity index (χ0v) is 14.7. The average molecular weight is 395 g/mol. The summed E-state index contributed by atoms with van der Waals surface area (Å²) in [7, 11) is 1.71. The lowest BCUT2D eigenvalue weighted by atomic mass is 10.6. The van der Waals surface area contributed by atoms with Gasteiger partial charge in [0.15, 0.2) is 11.8 Å². The Balaban J connectivity index is 2.36. The van der Waals surface area contributed by atoms with Crippen LogP contribution >= 0.6 is 23.3 Å². The molecule has 0 unspecified atom stereocenters. The van der Waals surface area contributed by atoms with E-state index in [2.05, 4.69) is 24.7 Å². The molecule has 5 N–H and O–H groups in total. The normalized spacial score (nSPS) is 12.8. The highest BCUT2D eigenvalue weighted by Crippen LogP contribution is 2.17. The van der Waals surface area contributed by atoms with Crippen molar-refractivity contribution in [3.63, 3.8) is 0 Å². The maximum Gasteiger partial charge on any atom is 0.408 e. The Labute approximate surface area is 150 Å². The molecule has 0 aliphatic heterocycles. The Morgan fingerprint density at radius 2 is 2.20 bits per heavy atom. The van der Waals surface area contributed by atoms with Crippen molar-refractivity contribution in [2.75, 3.05) is 31.2 Å². The van der Waals surface area contributed by atoms with Gasteiger partial charge in [-0.2, -0.15) is 34.6 Å². The van der Waals surface area contributed by atoms with Gasteiger partial charge in [-0.3, -0.25) is 0 Å². The Morgan fingerprint density at radius 3 is 2.84 bits per heavy atom. The van der Waals surface area contributed by atoms with E-state index in [9.17, 15) is 13.2 Å². The van der Waals surface area contributed by atoms with E-state index in [1.165, 1.54) is 11.8 Å². The molecular weight excluding hydrogens is 379 g/mol. The maximum absolute atomic E-state index is 12.0. The van der Waals surface area contributed by atoms with Crippen molar-refractivity contribution in [1.82, 2.24) is 14.3 Å². The molecule has 0 atom stereocenters. The number of guanidine groups is 2. The van der Waals surface area contributed by atoms with Gasteiger partial charge in [-0.05, 0) is 0 Å². The summed E-state index contributed by atoms with van der Waals surface area (Å²) in [5, 5.41) is 11.1. The Kier molecular flexibility index (Phi) is 8.22. The summed E-state index contributed by atoms with van der Waals surface area (Å²) in [6, 6.07) is 0. The topological polar surface area (TPSA) is 142 Å². The third-order valence-electron chi connectivity index (χ3n) is 2.49. The Morgan fingerprint density at radius 1 is 1.48 bits per heavy atom. The van der Waals surface area contributed by atoms with Crippen LogP contribution in [0.25, 0.3) is 0 Å². The van der Waals surface area contributed by atoms with Gasteiger partial charge in [0.1, 0.15) is 6.54 Å². The number of nitriles is 1. The second-order valence-corrected chi connectivity index (χ2v) is 6.36. The van der Waals surface area contributed by atoms with Gasteiger partial charge in [-0.1, -0.05) is 0 Å². The van der Waals surface area contributed by atoms with Crippen LogP contribution in [-0.4, -0.2) is 58.2 Å². The van der Waals surface area contributed by atoms with Gasteiger partial charge in [-0.25, -0.2) is 9.98 Å². The molecule has 0 fully saturated rings. The van der Waals surface area contributed by atoms with Crippen molar-refractivity contribution in [2.45, 2.75) is 11.9 Å². The van der Waals surface area contributed by atoms with E-state index >= 15 is 0 Å². The summed E-state index contributed by atoms with van der Waals surface area (Å²) in [5.74, 6) is 1.47. The molecule has 0 spiro atoms. The lowest BCUT2D eigenvalue weighted by Gasteiger charge is -2.15. The van der Waals surface area contributed by atoms with Gasteiger partial charge in [0.2, 0.25) is 17.3 Å². The molecule has 1 aromatic heterocycles. The number of nitrogens with zero attached hydrogens (tertiary/aromatic N) is 6. The second kappa shape index (κ2) is 9.89. The second-order valence-electron chi connectivity index (χ2n) is 4.50. The van der Waals surface area contributed by atoms with Gasteiger partial charge < -0.3 is 21.7 Å². The summed E-state index contributed by atoms with van der Waals surface area (Å²) in [5.41, 5.74) is 10.9. The van der Waals surface area contributed by atoms with Crippen LogP contribution in [0.4, 0.5) is 18.3 Å². The largest absolute Gasteiger partial charge is 0.408 e. The minimum atomic E-state index is -4.41. The van der Waals surface area contributed by atoms with Crippen molar-refractivity contribution in [3.05, 3.63) is 5.82 Å². The molecule has 0 saturated carbocycles. The molecule has 0 aliphatic rings. The van der Waals surface area contributed by atoms with E-state index in [1.807, 2.05) is 0 Å². The van der Waals surface area contributed by atoms with E-state index in [-0.39, 0.29) is 17.1 Å². The highest BCUT2D eigenvalue weighted by Gasteiger charge is 2.26. The number of nitrogens with two attached hydrogens (primary N) is 2. The molecule has 14 heteroatoms. The fourth-order valence-electron chi connectivity index (χ4n) is 1.30. The van der Waals surface area contributed by atoms with Crippen molar-refractivity contribution in [1.29, 1.82) is 5.26 Å². The minimum Gasteiger partial charge on any atom is -0.370 e. The fourth-order valence-corrected chi connectivity index (χ4v) is 2.84. The van der Waals surface area contributed by atoms with Crippen LogP contribution in [0.1, 0.15) is 5.82 Å². The molecule has 0 aromatic carbocycles. The number of rotatable bonds is 7. The van der Waals surface area contributed by atoms with E-state index in [0.29, 0.717) is 23.9 Å². The number of halogens is 3. The number of aliphatic imine (C=N–C) groups is 2. The van der Waals surface area contributed by atoms with Crippen molar-refractivity contribution < 1.29 is 13.2 Å². The first-order valence-corrected chi connectivity index (χ1v) is 8.61. The van der Waals surface area contributed by atoms with Crippen LogP contribution in [-0.2, 0) is 5.75 Å². The standard InChI is InChI=1S/C11H16F3N9S2/c1-23(9(17)19-6-15)2-3-24-4-7-20-10(25-22-7)21-8(16)18-5-11(12,13)14/h2-5H2,1H3,(H2,17,19)(H3,16,18,20,21,22). The molecule has 138 valence electrons. The molecule has 0 saturated heterocycles. The summed E-state index contributed by atoms with van der Waals surface area (Å²) >= 11 is 2.50. The first-order valence-electron chi connectivity index (χ1n) is 6.68. The summed E-state index contributed by atoms with van der Waals surface area (Å²) in [4.78, 5) is 12.3. The molecule has 1 heterocycles. The molecule has 0 radical (unpaired) electrons. The summed E-state index contributed by atoms with van der Waals surface area (Å²) in [6.45, 7) is -0.785. The van der Waals surface area contributed by atoms with Gasteiger partial charge in [0, 0.05) is 30.9 Å². The molecule has 9 nitrogen and oxygen atoms in total. The van der Waals surface area contributed by atoms with Crippen LogP contribution in [0.2, 0.25) is 0 Å². The smallest absolute Gasteiger partial charge is 0.370 e. The highest BCUT2D eigenvalue weighted by atomic mass is 32.2. The highest BCUT2D eigenvalue weighted by molar-refractivity contribution is 7.98. The Bertz CT molecular complexity index is 650. The van der Waals surface area contributed by atoms with Crippen LogP contribution < -0.4 is 16.8 Å². The maximum atomic E-state index is 12.0. The first kappa shape index (κ1) is 20.8. The first-order chi connectivity index (χ1) is 11.7. The minimum absolute atomic E-state index is 0.134.